The zero-order valence-electron chi connectivity index (χ0n) is 16.2. The van der Waals surface area contributed by atoms with Crippen molar-refractivity contribution >= 4 is 40.0 Å². The van der Waals surface area contributed by atoms with Gasteiger partial charge in [0.05, 0.1) is 18.4 Å². The molecule has 0 fully saturated rings. The van der Waals surface area contributed by atoms with E-state index in [0.717, 1.165) is 11.3 Å². The largest absolute Gasteiger partial charge is 0.486 e. The average molecular weight is 433 g/mol. The van der Waals surface area contributed by atoms with Gasteiger partial charge in [-0.25, -0.2) is 4.79 Å². The number of nitrogens with one attached hydrogen (secondary N) is 1. The maximum Gasteiger partial charge on any atom is 0.340 e. The van der Waals surface area contributed by atoms with E-state index >= 15 is 0 Å². The number of thioether (sulfide) groups is 1. The third-order valence-electron chi connectivity index (χ3n) is 3.94. The number of aromatic nitrogens is 3. The van der Waals surface area contributed by atoms with Crippen LogP contribution in [0, 0.1) is 6.92 Å². The smallest absolute Gasteiger partial charge is 0.340 e. The minimum Gasteiger partial charge on any atom is -0.486 e. The van der Waals surface area contributed by atoms with Crippen LogP contribution in [0.3, 0.4) is 0 Å². The summed E-state index contributed by atoms with van der Waals surface area (Å²) in [5, 5.41) is 13.8. The van der Waals surface area contributed by atoms with E-state index in [-0.39, 0.29) is 18.3 Å². The molecule has 0 radical (unpaired) electrons. The predicted octanol–water partition coefficient (Wildman–Crippen LogP) is 3.28. The summed E-state index contributed by atoms with van der Waals surface area (Å²) >= 11 is 2.52. The summed E-state index contributed by atoms with van der Waals surface area (Å²) in [6, 6.07) is 9.38. The van der Waals surface area contributed by atoms with Crippen molar-refractivity contribution < 1.29 is 19.1 Å². The molecule has 3 aromatic rings. The Balaban J connectivity index is 1.54. The van der Waals surface area contributed by atoms with Crippen molar-refractivity contribution in [2.45, 2.75) is 18.7 Å². The first-order valence-corrected chi connectivity index (χ1v) is 10.5. The second-order valence-corrected chi connectivity index (χ2v) is 7.91. The fourth-order valence-corrected chi connectivity index (χ4v) is 3.94. The Labute approximate surface area is 176 Å². The van der Waals surface area contributed by atoms with Gasteiger partial charge in [0.25, 0.3) is 0 Å². The molecule has 0 unspecified atom stereocenters. The minimum atomic E-state index is -0.485. The Bertz CT molecular complexity index is 1020. The SMILES string of the molecule is COC(=O)c1ccsc1NC(=O)CSc1nnc(COc2cccc(C)c2)n1C. The van der Waals surface area contributed by atoms with Gasteiger partial charge in [-0.15, -0.1) is 21.5 Å². The molecule has 3 rings (SSSR count). The van der Waals surface area contributed by atoms with Crippen LogP contribution < -0.4 is 10.1 Å². The Morgan fingerprint density at radius 2 is 2.10 bits per heavy atom. The molecule has 0 aliphatic rings. The van der Waals surface area contributed by atoms with E-state index in [4.69, 9.17) is 9.47 Å². The molecule has 0 atom stereocenters. The van der Waals surface area contributed by atoms with Crippen molar-refractivity contribution in [2.75, 3.05) is 18.2 Å². The number of benzene rings is 1. The van der Waals surface area contributed by atoms with Gasteiger partial charge in [0, 0.05) is 7.05 Å². The van der Waals surface area contributed by atoms with Crippen LogP contribution >= 0.6 is 23.1 Å². The molecule has 8 nitrogen and oxygen atoms in total. The van der Waals surface area contributed by atoms with E-state index in [9.17, 15) is 9.59 Å². The number of methoxy groups -OCH3 is 1. The molecule has 29 heavy (non-hydrogen) atoms. The molecule has 0 saturated heterocycles. The monoisotopic (exact) mass is 432 g/mol. The molecule has 1 N–H and O–H groups in total. The zero-order valence-corrected chi connectivity index (χ0v) is 17.8. The molecular weight excluding hydrogens is 412 g/mol. The van der Waals surface area contributed by atoms with Crippen LogP contribution in [0.5, 0.6) is 5.75 Å². The van der Waals surface area contributed by atoms with Crippen molar-refractivity contribution in [3.8, 4) is 5.75 Å². The zero-order chi connectivity index (χ0) is 20.8. The van der Waals surface area contributed by atoms with Crippen LogP contribution in [0.2, 0.25) is 0 Å². The van der Waals surface area contributed by atoms with Gasteiger partial charge in [0.1, 0.15) is 17.4 Å². The molecule has 10 heteroatoms. The molecule has 0 spiro atoms. The number of anilines is 1. The van der Waals surface area contributed by atoms with Gasteiger partial charge >= 0.3 is 5.97 Å². The van der Waals surface area contributed by atoms with Gasteiger partial charge in [-0.1, -0.05) is 23.9 Å². The van der Waals surface area contributed by atoms with Gasteiger partial charge in [0.15, 0.2) is 11.0 Å². The van der Waals surface area contributed by atoms with Gasteiger partial charge in [0.2, 0.25) is 5.91 Å². The Kier molecular flexibility index (Phi) is 6.89. The lowest BCUT2D eigenvalue weighted by molar-refractivity contribution is -0.113. The number of thiophene rings is 1. The Morgan fingerprint density at radius 1 is 1.28 bits per heavy atom. The summed E-state index contributed by atoms with van der Waals surface area (Å²) in [6.07, 6.45) is 0. The van der Waals surface area contributed by atoms with E-state index < -0.39 is 5.97 Å². The van der Waals surface area contributed by atoms with Crippen LogP contribution in [0.15, 0.2) is 40.9 Å². The van der Waals surface area contributed by atoms with Crippen molar-refractivity contribution in [1.29, 1.82) is 0 Å². The number of aryl methyl sites for hydroxylation is 1. The predicted molar refractivity (Wildman–Crippen MR) is 112 cm³/mol. The number of nitrogens with zero attached hydrogens (tertiary/aromatic N) is 3. The Morgan fingerprint density at radius 3 is 2.86 bits per heavy atom. The molecule has 1 amide bonds. The number of carbonyl (C=O) groups excluding carboxylic acids is 2. The second-order valence-electron chi connectivity index (χ2n) is 6.05. The first kappa shape index (κ1) is 20.9. The molecule has 2 heterocycles. The minimum absolute atomic E-state index is 0.128. The maximum atomic E-state index is 12.2. The summed E-state index contributed by atoms with van der Waals surface area (Å²) in [5.41, 5.74) is 1.45. The lowest BCUT2D eigenvalue weighted by Crippen LogP contribution is -2.16. The highest BCUT2D eigenvalue weighted by molar-refractivity contribution is 7.99. The molecular formula is C19H20N4O4S2. The molecule has 0 saturated carbocycles. The van der Waals surface area contributed by atoms with Gasteiger partial charge in [-0.3, -0.25) is 4.79 Å². The maximum absolute atomic E-state index is 12.2. The fourth-order valence-electron chi connectivity index (χ4n) is 2.42. The number of rotatable bonds is 8. The van der Waals surface area contributed by atoms with E-state index in [1.807, 2.05) is 38.2 Å². The van der Waals surface area contributed by atoms with E-state index in [0.29, 0.717) is 21.5 Å². The summed E-state index contributed by atoms with van der Waals surface area (Å²) < 4.78 is 12.2. The number of carbonyl (C=O) groups is 2. The molecule has 0 aliphatic heterocycles. The van der Waals surface area contributed by atoms with E-state index in [1.54, 1.807) is 16.0 Å². The highest BCUT2D eigenvalue weighted by Crippen LogP contribution is 2.25. The van der Waals surface area contributed by atoms with Crippen molar-refractivity contribution in [3.05, 3.63) is 52.7 Å². The standard InChI is InChI=1S/C19H20N4O4S2/c1-12-5-4-6-13(9-12)27-10-15-21-22-19(23(15)2)29-11-16(24)20-17-14(7-8-28-17)18(25)26-3/h4-9H,10-11H2,1-3H3,(H,20,24). The van der Waals surface area contributed by atoms with Crippen LogP contribution in [-0.2, 0) is 23.2 Å². The van der Waals surface area contributed by atoms with Gasteiger partial charge < -0.3 is 19.4 Å². The summed E-state index contributed by atoms with van der Waals surface area (Å²) in [6.45, 7) is 2.27. The van der Waals surface area contributed by atoms with E-state index in [1.165, 1.54) is 30.2 Å². The van der Waals surface area contributed by atoms with Crippen molar-refractivity contribution in [1.82, 2.24) is 14.8 Å². The molecule has 1 aromatic carbocycles. The van der Waals surface area contributed by atoms with Crippen LogP contribution in [0.4, 0.5) is 5.00 Å². The number of esters is 1. The Hall–Kier alpha value is -2.85. The average Bonchev–Trinajstić information content (AvgIpc) is 3.31. The third-order valence-corrected chi connectivity index (χ3v) is 5.79. The van der Waals surface area contributed by atoms with Crippen LogP contribution in [0.1, 0.15) is 21.7 Å². The number of ether oxygens (including phenoxy) is 2. The van der Waals surface area contributed by atoms with Crippen molar-refractivity contribution in [2.24, 2.45) is 7.05 Å². The molecule has 0 bridgehead atoms. The summed E-state index contributed by atoms with van der Waals surface area (Å²) in [5.74, 6) is 0.812. The van der Waals surface area contributed by atoms with Crippen molar-refractivity contribution in [3.63, 3.8) is 0 Å². The molecule has 152 valence electrons. The summed E-state index contributed by atoms with van der Waals surface area (Å²) in [4.78, 5) is 23.9. The fraction of sp³-hybridized carbons (Fsp3) is 0.263. The van der Waals surface area contributed by atoms with Crippen LogP contribution in [-0.4, -0.2) is 39.5 Å². The number of hydrogen-bond acceptors (Lipinski definition) is 8. The highest BCUT2D eigenvalue weighted by atomic mass is 32.2. The normalized spacial score (nSPS) is 10.6. The molecule has 0 aliphatic carbocycles. The highest BCUT2D eigenvalue weighted by Gasteiger charge is 2.17. The van der Waals surface area contributed by atoms with Gasteiger partial charge in [-0.2, -0.15) is 0 Å². The van der Waals surface area contributed by atoms with E-state index in [2.05, 4.69) is 15.5 Å². The quantitative estimate of drug-likeness (QED) is 0.431. The first-order chi connectivity index (χ1) is 14.0. The number of amides is 1. The lowest BCUT2D eigenvalue weighted by Gasteiger charge is -2.07. The molecule has 2 aromatic heterocycles. The third kappa shape index (κ3) is 5.36. The van der Waals surface area contributed by atoms with Gasteiger partial charge in [-0.05, 0) is 36.1 Å². The topological polar surface area (TPSA) is 95.3 Å². The first-order valence-electron chi connectivity index (χ1n) is 8.64. The second kappa shape index (κ2) is 9.57. The number of hydrogen-bond donors (Lipinski definition) is 1. The van der Waals surface area contributed by atoms with Crippen LogP contribution in [0.25, 0.3) is 0 Å². The summed E-state index contributed by atoms with van der Waals surface area (Å²) in [7, 11) is 3.12. The lowest BCUT2D eigenvalue weighted by atomic mass is 10.2.